The van der Waals surface area contributed by atoms with Crippen LogP contribution in [0.2, 0.25) is 0 Å². The molecule has 16 heavy (non-hydrogen) atoms. The van der Waals surface area contributed by atoms with E-state index >= 15 is 0 Å². The standard InChI is InChI=1S/C12H19NO.C2H6/c1-5-12(2)8-6-7-10(13-3)11(9-12)14-4;1-2/h6-9,13H,5H2,1-4H3;1-2H3. The number of likely N-dealkylation sites (N-methyl/N-ethyl adjacent to an activating group) is 1. The maximum Gasteiger partial charge on any atom is 0.138 e. The smallest absolute Gasteiger partial charge is 0.138 e. The summed E-state index contributed by atoms with van der Waals surface area (Å²) in [5.74, 6) is 0.918. The van der Waals surface area contributed by atoms with Crippen LogP contribution in [0.5, 0.6) is 0 Å². The van der Waals surface area contributed by atoms with E-state index in [-0.39, 0.29) is 5.41 Å². The van der Waals surface area contributed by atoms with Gasteiger partial charge in [-0.15, -0.1) is 0 Å². The third-order valence-electron chi connectivity index (χ3n) is 2.72. The zero-order valence-corrected chi connectivity index (χ0v) is 11.4. The van der Waals surface area contributed by atoms with Crippen molar-refractivity contribution < 1.29 is 4.74 Å². The summed E-state index contributed by atoms with van der Waals surface area (Å²) in [5.41, 5.74) is 1.13. The van der Waals surface area contributed by atoms with Crippen molar-refractivity contribution in [2.45, 2.75) is 34.1 Å². The molecule has 0 fully saturated rings. The fraction of sp³-hybridized carbons (Fsp3) is 0.571. The predicted octanol–water partition coefficient (Wildman–Crippen LogP) is 3.63. The maximum atomic E-state index is 5.36. The zero-order chi connectivity index (χ0) is 12.6. The van der Waals surface area contributed by atoms with Crippen LogP contribution in [0, 0.1) is 5.41 Å². The Hall–Kier alpha value is -1.18. The van der Waals surface area contributed by atoms with E-state index in [1.807, 2.05) is 27.0 Å². The minimum absolute atomic E-state index is 0.0977. The lowest BCUT2D eigenvalue weighted by Gasteiger charge is -2.20. The number of hydrogen-bond acceptors (Lipinski definition) is 2. The van der Waals surface area contributed by atoms with E-state index in [9.17, 15) is 0 Å². The van der Waals surface area contributed by atoms with Crippen molar-refractivity contribution in [2.75, 3.05) is 14.2 Å². The molecule has 1 N–H and O–H groups in total. The minimum atomic E-state index is 0.0977. The largest absolute Gasteiger partial charge is 0.495 e. The third kappa shape index (κ3) is 3.76. The first-order valence-electron chi connectivity index (χ1n) is 5.99. The van der Waals surface area contributed by atoms with Gasteiger partial charge >= 0.3 is 0 Å². The first-order valence-corrected chi connectivity index (χ1v) is 5.99. The van der Waals surface area contributed by atoms with E-state index in [4.69, 9.17) is 4.74 Å². The average Bonchev–Trinajstić information content (AvgIpc) is 2.51. The Balaban J connectivity index is 0.00000106. The second-order valence-corrected chi connectivity index (χ2v) is 3.76. The van der Waals surface area contributed by atoms with Gasteiger partial charge in [-0.2, -0.15) is 0 Å². The van der Waals surface area contributed by atoms with Crippen molar-refractivity contribution in [2.24, 2.45) is 5.41 Å². The molecule has 92 valence electrons. The van der Waals surface area contributed by atoms with Gasteiger partial charge in [-0.25, -0.2) is 0 Å². The molecule has 0 bridgehead atoms. The van der Waals surface area contributed by atoms with Gasteiger partial charge in [0.05, 0.1) is 12.8 Å². The number of rotatable bonds is 3. The van der Waals surface area contributed by atoms with Gasteiger partial charge in [-0.1, -0.05) is 39.8 Å². The van der Waals surface area contributed by atoms with Crippen LogP contribution in [-0.2, 0) is 4.74 Å². The Kier molecular flexibility index (Phi) is 6.63. The normalized spacial score (nSPS) is 23.4. The molecule has 1 atom stereocenters. The fourth-order valence-corrected chi connectivity index (χ4v) is 1.47. The van der Waals surface area contributed by atoms with Gasteiger partial charge in [-0.05, 0) is 18.6 Å². The van der Waals surface area contributed by atoms with Crippen molar-refractivity contribution in [3.05, 3.63) is 35.8 Å². The molecular formula is C14H25NO. The lowest BCUT2D eigenvalue weighted by atomic mass is 9.87. The van der Waals surface area contributed by atoms with Crippen molar-refractivity contribution in [3.63, 3.8) is 0 Å². The molecule has 1 aliphatic rings. The molecule has 0 radical (unpaired) electrons. The molecule has 0 aromatic heterocycles. The molecule has 0 aromatic rings. The maximum absolute atomic E-state index is 5.36. The van der Waals surface area contributed by atoms with Crippen LogP contribution in [0.25, 0.3) is 0 Å². The van der Waals surface area contributed by atoms with E-state index in [0.29, 0.717) is 0 Å². The third-order valence-corrected chi connectivity index (χ3v) is 2.72. The topological polar surface area (TPSA) is 21.3 Å². The van der Waals surface area contributed by atoms with Crippen molar-refractivity contribution in [1.82, 2.24) is 5.32 Å². The van der Waals surface area contributed by atoms with Crippen molar-refractivity contribution in [1.29, 1.82) is 0 Å². The van der Waals surface area contributed by atoms with Gasteiger partial charge in [0.25, 0.3) is 0 Å². The number of nitrogens with one attached hydrogen (secondary N) is 1. The Bertz CT molecular complexity index is 289. The van der Waals surface area contributed by atoms with Gasteiger partial charge in [0, 0.05) is 12.5 Å². The summed E-state index contributed by atoms with van der Waals surface area (Å²) >= 11 is 0. The van der Waals surface area contributed by atoms with E-state index in [1.54, 1.807) is 7.11 Å². The van der Waals surface area contributed by atoms with E-state index < -0.39 is 0 Å². The highest BCUT2D eigenvalue weighted by atomic mass is 16.5. The summed E-state index contributed by atoms with van der Waals surface area (Å²) in [7, 11) is 3.61. The van der Waals surface area contributed by atoms with Gasteiger partial charge in [0.1, 0.15) is 5.76 Å². The molecule has 0 aromatic carbocycles. The predicted molar refractivity (Wildman–Crippen MR) is 71.1 cm³/mol. The second-order valence-electron chi connectivity index (χ2n) is 3.76. The zero-order valence-electron chi connectivity index (χ0n) is 11.4. The van der Waals surface area contributed by atoms with E-state index in [1.165, 1.54) is 0 Å². The second kappa shape index (κ2) is 7.15. The lowest BCUT2D eigenvalue weighted by molar-refractivity contribution is 0.289. The molecular weight excluding hydrogens is 198 g/mol. The molecule has 2 heteroatoms. The average molecular weight is 223 g/mol. The Morgan fingerprint density at radius 3 is 2.44 bits per heavy atom. The molecule has 0 heterocycles. The molecule has 1 rings (SSSR count). The molecule has 1 unspecified atom stereocenters. The van der Waals surface area contributed by atoms with E-state index in [2.05, 4.69) is 37.4 Å². The molecule has 0 saturated carbocycles. The summed E-state index contributed by atoms with van der Waals surface area (Å²) < 4.78 is 5.36. The first-order chi connectivity index (χ1) is 7.65. The Labute approximate surface area is 100 Å². The van der Waals surface area contributed by atoms with Crippen molar-refractivity contribution in [3.8, 4) is 0 Å². The quantitative estimate of drug-likeness (QED) is 0.789. The summed E-state index contributed by atoms with van der Waals surface area (Å²) in [5, 5.41) is 3.12. The van der Waals surface area contributed by atoms with Crippen LogP contribution in [0.15, 0.2) is 35.8 Å². The molecule has 0 amide bonds. The fourth-order valence-electron chi connectivity index (χ4n) is 1.47. The molecule has 2 nitrogen and oxygen atoms in total. The number of ether oxygens (including phenoxy) is 1. The van der Waals surface area contributed by atoms with Crippen LogP contribution >= 0.6 is 0 Å². The molecule has 1 aliphatic carbocycles. The first kappa shape index (κ1) is 14.8. The summed E-state index contributed by atoms with van der Waals surface area (Å²) in [6.45, 7) is 8.38. The van der Waals surface area contributed by atoms with Crippen LogP contribution in [0.1, 0.15) is 34.1 Å². The van der Waals surface area contributed by atoms with Crippen LogP contribution < -0.4 is 5.32 Å². The van der Waals surface area contributed by atoms with Crippen molar-refractivity contribution >= 4 is 0 Å². The highest BCUT2D eigenvalue weighted by molar-refractivity contribution is 5.34. The summed E-state index contributed by atoms with van der Waals surface area (Å²) in [6.07, 6.45) is 9.56. The number of methoxy groups -OCH3 is 1. The Morgan fingerprint density at radius 2 is 2.00 bits per heavy atom. The molecule has 0 spiro atoms. The van der Waals surface area contributed by atoms with Gasteiger partial charge in [0.15, 0.2) is 0 Å². The van der Waals surface area contributed by atoms with Crippen LogP contribution in [0.3, 0.4) is 0 Å². The molecule has 0 aliphatic heterocycles. The highest BCUT2D eigenvalue weighted by Crippen LogP contribution is 2.30. The lowest BCUT2D eigenvalue weighted by Crippen LogP contribution is -2.13. The van der Waals surface area contributed by atoms with E-state index in [0.717, 1.165) is 17.9 Å². The summed E-state index contributed by atoms with van der Waals surface area (Å²) in [4.78, 5) is 0. The van der Waals surface area contributed by atoms with Gasteiger partial charge < -0.3 is 10.1 Å². The number of allylic oxidation sites excluding steroid dienone is 4. The minimum Gasteiger partial charge on any atom is -0.495 e. The van der Waals surface area contributed by atoms with Gasteiger partial charge in [-0.3, -0.25) is 0 Å². The van der Waals surface area contributed by atoms with Crippen LogP contribution in [-0.4, -0.2) is 14.2 Å². The highest BCUT2D eigenvalue weighted by Gasteiger charge is 2.19. The molecule has 0 saturated heterocycles. The number of hydrogen-bond donors (Lipinski definition) is 1. The Morgan fingerprint density at radius 1 is 1.38 bits per heavy atom. The monoisotopic (exact) mass is 223 g/mol. The van der Waals surface area contributed by atoms with Gasteiger partial charge in [0.2, 0.25) is 0 Å². The summed E-state index contributed by atoms with van der Waals surface area (Å²) in [6, 6.07) is 0. The van der Waals surface area contributed by atoms with Crippen LogP contribution in [0.4, 0.5) is 0 Å². The SMILES string of the molecule is CC.CCC1(C)C=CC=C(NC)C(OC)=C1.